The molecule has 2 heterocycles. The maximum absolute atomic E-state index is 6.43. The van der Waals surface area contributed by atoms with Crippen LogP contribution in [-0.4, -0.2) is 44.7 Å². The lowest BCUT2D eigenvalue weighted by Crippen LogP contribution is -2.32. The molecule has 1 fully saturated rings. The van der Waals surface area contributed by atoms with E-state index in [0.717, 1.165) is 24.3 Å². The molecule has 5 N–H and O–H groups in total. The lowest BCUT2D eigenvalue weighted by atomic mass is 9.98. The summed E-state index contributed by atoms with van der Waals surface area (Å²) in [7, 11) is 1.75. The van der Waals surface area contributed by atoms with Gasteiger partial charge in [-0.2, -0.15) is 9.90 Å². The van der Waals surface area contributed by atoms with Gasteiger partial charge in [-0.05, 0) is 58.6 Å². The summed E-state index contributed by atoms with van der Waals surface area (Å²) in [4.78, 5) is 6.32. The first-order chi connectivity index (χ1) is 14.3. The van der Waals surface area contributed by atoms with Crippen molar-refractivity contribution in [1.82, 2.24) is 25.0 Å². The highest BCUT2D eigenvalue weighted by Gasteiger charge is 2.17. The fraction of sp³-hybridized carbons (Fsp3) is 0.571. The largest absolute Gasteiger partial charge is 0.489 e. The molecular formula is C21H34N8O. The lowest BCUT2D eigenvalue weighted by Gasteiger charge is -2.24. The molecule has 0 radical (unpaired) electrons. The highest BCUT2D eigenvalue weighted by molar-refractivity contribution is 5.64. The number of likely N-dealkylation sites (N-methyl/N-ethyl adjacent to an activating group) is 1. The van der Waals surface area contributed by atoms with Crippen molar-refractivity contribution in [3.8, 4) is 5.75 Å². The molecule has 0 saturated heterocycles. The van der Waals surface area contributed by atoms with Gasteiger partial charge in [0.25, 0.3) is 0 Å². The smallest absolute Gasteiger partial charge is 0.168 e. The van der Waals surface area contributed by atoms with Crippen LogP contribution in [0.2, 0.25) is 0 Å². The Morgan fingerprint density at radius 1 is 1.30 bits per heavy atom. The van der Waals surface area contributed by atoms with Crippen molar-refractivity contribution in [2.45, 2.75) is 65.0 Å². The summed E-state index contributed by atoms with van der Waals surface area (Å²) in [6.07, 6.45) is 7.95. The van der Waals surface area contributed by atoms with Crippen LogP contribution in [0, 0.1) is 6.92 Å². The number of nitrogens with zero attached hydrogens (tertiary/aromatic N) is 5. The van der Waals surface area contributed by atoms with Gasteiger partial charge in [0.2, 0.25) is 0 Å². The molecule has 0 unspecified atom stereocenters. The van der Waals surface area contributed by atoms with Crippen molar-refractivity contribution in [2.75, 3.05) is 18.9 Å². The van der Waals surface area contributed by atoms with Gasteiger partial charge in [0, 0.05) is 7.05 Å². The molecule has 1 saturated carbocycles. The molecule has 1 aliphatic carbocycles. The van der Waals surface area contributed by atoms with Crippen LogP contribution >= 0.6 is 0 Å². The summed E-state index contributed by atoms with van der Waals surface area (Å²) < 4.78 is 6.17. The Morgan fingerprint density at radius 3 is 2.63 bits per heavy atom. The standard InChI is InChI=1S/C21H34N8O/c1-14(2)29-25-13-20(27-29)24-12-18(28(4)23)21(22)17-10-11-19(15(3)26-17)30-16-8-6-5-7-9-16/h10-11,13-14,16H,5-9,12,22-23H2,1-4H3,(H,24,27)/b21-18-. The van der Waals surface area contributed by atoms with Gasteiger partial charge in [-0.25, -0.2) is 10.8 Å². The number of hydrogen-bond acceptors (Lipinski definition) is 8. The second kappa shape index (κ2) is 9.80. The topological polar surface area (TPSA) is 120 Å². The van der Waals surface area contributed by atoms with Crippen molar-refractivity contribution < 1.29 is 4.74 Å². The van der Waals surface area contributed by atoms with Crippen LogP contribution in [0.3, 0.4) is 0 Å². The molecule has 2 aromatic heterocycles. The molecule has 2 aromatic rings. The number of pyridine rings is 1. The minimum absolute atomic E-state index is 0.194. The Morgan fingerprint density at radius 2 is 2.03 bits per heavy atom. The monoisotopic (exact) mass is 414 g/mol. The van der Waals surface area contributed by atoms with Gasteiger partial charge in [-0.1, -0.05) is 6.42 Å². The van der Waals surface area contributed by atoms with E-state index in [-0.39, 0.29) is 12.1 Å². The number of ether oxygens (including phenoxy) is 1. The lowest BCUT2D eigenvalue weighted by molar-refractivity contribution is 0.153. The summed E-state index contributed by atoms with van der Waals surface area (Å²) in [5.74, 6) is 7.53. The van der Waals surface area contributed by atoms with Gasteiger partial charge in [0.05, 0.1) is 47.7 Å². The zero-order valence-corrected chi connectivity index (χ0v) is 18.4. The number of rotatable bonds is 8. The maximum Gasteiger partial charge on any atom is 0.168 e. The molecule has 0 aromatic carbocycles. The van der Waals surface area contributed by atoms with Gasteiger partial charge in [-0.15, -0.1) is 5.10 Å². The first-order valence-electron chi connectivity index (χ1n) is 10.6. The summed E-state index contributed by atoms with van der Waals surface area (Å²) in [5, 5.41) is 13.4. The quantitative estimate of drug-likeness (QED) is 0.445. The fourth-order valence-corrected chi connectivity index (χ4v) is 3.52. The van der Waals surface area contributed by atoms with E-state index in [1.54, 1.807) is 18.0 Å². The first-order valence-corrected chi connectivity index (χ1v) is 10.6. The number of anilines is 1. The third-order valence-corrected chi connectivity index (χ3v) is 5.30. The predicted molar refractivity (Wildman–Crippen MR) is 118 cm³/mol. The second-order valence-electron chi connectivity index (χ2n) is 8.13. The number of hydrazine groups is 1. The molecule has 1 aliphatic rings. The molecule has 0 spiro atoms. The predicted octanol–water partition coefficient (Wildman–Crippen LogP) is 2.82. The summed E-state index contributed by atoms with van der Waals surface area (Å²) >= 11 is 0. The highest BCUT2D eigenvalue weighted by Crippen LogP contribution is 2.26. The first kappa shape index (κ1) is 21.9. The SMILES string of the molecule is Cc1nc(/C(N)=C(\CNc2cnn(C(C)C)n2)N(C)N)ccc1OC1CCCCC1. The molecule has 0 aliphatic heterocycles. The molecule has 0 bridgehead atoms. The average molecular weight is 415 g/mol. The Labute approximate surface area is 178 Å². The second-order valence-corrected chi connectivity index (χ2v) is 8.13. The fourth-order valence-electron chi connectivity index (χ4n) is 3.52. The minimum atomic E-state index is 0.194. The summed E-state index contributed by atoms with van der Waals surface area (Å²) in [6.45, 7) is 6.40. The van der Waals surface area contributed by atoms with Gasteiger partial charge >= 0.3 is 0 Å². The average Bonchev–Trinajstić information content (AvgIpc) is 3.19. The highest BCUT2D eigenvalue weighted by atomic mass is 16.5. The Bertz CT molecular complexity index is 868. The Kier molecular flexibility index (Phi) is 7.15. The van der Waals surface area contributed by atoms with Crippen molar-refractivity contribution in [3.63, 3.8) is 0 Å². The molecule has 0 atom stereocenters. The Balaban J connectivity index is 1.73. The van der Waals surface area contributed by atoms with Crippen molar-refractivity contribution in [1.29, 1.82) is 0 Å². The molecule has 30 heavy (non-hydrogen) atoms. The van der Waals surface area contributed by atoms with E-state index in [1.165, 1.54) is 24.3 Å². The van der Waals surface area contributed by atoms with E-state index in [4.69, 9.17) is 16.3 Å². The van der Waals surface area contributed by atoms with Crippen molar-refractivity contribution in [2.24, 2.45) is 11.6 Å². The van der Waals surface area contributed by atoms with Crippen LogP contribution in [0.15, 0.2) is 24.0 Å². The third-order valence-electron chi connectivity index (χ3n) is 5.30. The van der Waals surface area contributed by atoms with E-state index in [1.807, 2.05) is 32.9 Å². The van der Waals surface area contributed by atoms with Gasteiger partial charge in [0.15, 0.2) is 5.82 Å². The summed E-state index contributed by atoms with van der Waals surface area (Å²) in [6, 6.07) is 4.04. The Hall–Kier alpha value is -2.81. The maximum atomic E-state index is 6.43. The van der Waals surface area contributed by atoms with E-state index in [2.05, 4.69) is 20.5 Å². The summed E-state index contributed by atoms with van der Waals surface area (Å²) in [5.41, 5.74) is 9.15. The number of aryl methyl sites for hydroxylation is 1. The van der Waals surface area contributed by atoms with Crippen LogP contribution in [0.1, 0.15) is 63.4 Å². The van der Waals surface area contributed by atoms with E-state index >= 15 is 0 Å². The van der Waals surface area contributed by atoms with Crippen LogP contribution in [0.4, 0.5) is 5.82 Å². The van der Waals surface area contributed by atoms with Crippen LogP contribution in [-0.2, 0) is 0 Å². The van der Waals surface area contributed by atoms with E-state index in [0.29, 0.717) is 29.5 Å². The molecule has 164 valence electrons. The molecule has 0 amide bonds. The van der Waals surface area contributed by atoms with Gasteiger partial charge < -0.3 is 20.8 Å². The number of nitrogens with one attached hydrogen (secondary N) is 1. The van der Waals surface area contributed by atoms with Crippen LogP contribution < -0.4 is 21.6 Å². The minimum Gasteiger partial charge on any atom is -0.489 e. The van der Waals surface area contributed by atoms with Crippen molar-refractivity contribution in [3.05, 3.63) is 35.4 Å². The normalized spacial score (nSPS) is 15.8. The number of hydrogen-bond donors (Lipinski definition) is 3. The molecule has 9 heteroatoms. The molecule has 9 nitrogen and oxygen atoms in total. The third kappa shape index (κ3) is 5.41. The number of nitrogens with two attached hydrogens (primary N) is 2. The molecule has 3 rings (SSSR count). The van der Waals surface area contributed by atoms with Crippen molar-refractivity contribution >= 4 is 11.5 Å². The number of aromatic nitrogens is 4. The van der Waals surface area contributed by atoms with E-state index in [9.17, 15) is 0 Å². The molecular weight excluding hydrogens is 380 g/mol. The van der Waals surface area contributed by atoms with Crippen LogP contribution in [0.25, 0.3) is 5.70 Å². The zero-order chi connectivity index (χ0) is 21.7. The van der Waals surface area contributed by atoms with Crippen LogP contribution in [0.5, 0.6) is 5.75 Å². The van der Waals surface area contributed by atoms with Gasteiger partial charge in [-0.3, -0.25) is 0 Å². The van der Waals surface area contributed by atoms with Gasteiger partial charge in [0.1, 0.15) is 5.75 Å². The zero-order valence-electron chi connectivity index (χ0n) is 18.4. The van der Waals surface area contributed by atoms with E-state index < -0.39 is 0 Å².